The van der Waals surface area contributed by atoms with E-state index in [1.165, 1.54) is 15.4 Å². The van der Waals surface area contributed by atoms with Crippen LogP contribution in [0.5, 0.6) is 0 Å². The molecule has 0 aromatic carbocycles. The fourth-order valence-electron chi connectivity index (χ4n) is 2.16. The Labute approximate surface area is 121 Å². The van der Waals surface area contributed by atoms with E-state index >= 15 is 0 Å². The van der Waals surface area contributed by atoms with E-state index in [9.17, 15) is 4.79 Å². The zero-order valence-corrected chi connectivity index (χ0v) is 12.2. The summed E-state index contributed by atoms with van der Waals surface area (Å²) in [6.07, 6.45) is 3.21. The Balaban J connectivity index is 2.11. The molecule has 0 atom stereocenters. The van der Waals surface area contributed by atoms with E-state index in [0.29, 0.717) is 29.5 Å². The second-order valence-electron chi connectivity index (χ2n) is 5.42. The Morgan fingerprint density at radius 1 is 1.33 bits per heavy atom. The van der Waals surface area contributed by atoms with Crippen LogP contribution >= 0.6 is 0 Å². The lowest BCUT2D eigenvalue weighted by molar-refractivity contribution is 0.429. The first-order valence-corrected chi connectivity index (χ1v) is 6.81. The molecular formula is C14H16N6O. The van der Waals surface area contributed by atoms with E-state index in [0.717, 1.165) is 5.56 Å². The number of rotatable bonds is 3. The number of aromatic nitrogens is 6. The van der Waals surface area contributed by atoms with Gasteiger partial charge in [0.1, 0.15) is 11.2 Å². The average Bonchev–Trinajstić information content (AvgIpc) is 2.87. The van der Waals surface area contributed by atoms with Gasteiger partial charge in [-0.05, 0) is 29.7 Å². The van der Waals surface area contributed by atoms with Crippen molar-refractivity contribution in [2.24, 2.45) is 5.92 Å². The second kappa shape index (κ2) is 5.08. The highest BCUT2D eigenvalue weighted by atomic mass is 16.1. The smallest absolute Gasteiger partial charge is 0.268 e. The number of hydrogen-bond donors (Lipinski definition) is 0. The van der Waals surface area contributed by atoms with Gasteiger partial charge in [-0.1, -0.05) is 19.9 Å². The van der Waals surface area contributed by atoms with Crippen molar-refractivity contribution < 1.29 is 0 Å². The number of tetrazole rings is 1. The molecule has 3 rings (SSSR count). The third kappa shape index (κ3) is 2.42. The van der Waals surface area contributed by atoms with Crippen molar-refractivity contribution in [3.63, 3.8) is 0 Å². The molecule has 3 heterocycles. The normalized spacial score (nSPS) is 11.4. The predicted molar refractivity (Wildman–Crippen MR) is 77.8 cm³/mol. The quantitative estimate of drug-likeness (QED) is 0.724. The van der Waals surface area contributed by atoms with Crippen LogP contribution in [0.15, 0.2) is 29.3 Å². The average molecular weight is 284 g/mol. The molecule has 21 heavy (non-hydrogen) atoms. The third-order valence-electron chi connectivity index (χ3n) is 3.15. The lowest BCUT2D eigenvalue weighted by Crippen LogP contribution is -2.18. The van der Waals surface area contributed by atoms with Gasteiger partial charge in [-0.2, -0.15) is 4.80 Å². The molecule has 0 saturated carbocycles. The van der Waals surface area contributed by atoms with E-state index in [-0.39, 0.29) is 5.56 Å². The van der Waals surface area contributed by atoms with Gasteiger partial charge in [0.15, 0.2) is 0 Å². The molecule has 0 radical (unpaired) electrons. The van der Waals surface area contributed by atoms with Gasteiger partial charge in [0.05, 0.1) is 6.54 Å². The number of nitrogens with zero attached hydrogens (tertiary/aromatic N) is 6. The molecule has 0 spiro atoms. The summed E-state index contributed by atoms with van der Waals surface area (Å²) in [5, 5.41) is 12.2. The maximum absolute atomic E-state index is 12.5. The lowest BCUT2D eigenvalue weighted by Gasteiger charge is -2.03. The number of aryl methyl sites for hydroxylation is 1. The van der Waals surface area contributed by atoms with Crippen molar-refractivity contribution in [3.05, 3.63) is 40.4 Å². The number of fused-ring (bicyclic) bond motifs is 1. The monoisotopic (exact) mass is 284 g/mol. The van der Waals surface area contributed by atoms with Crippen LogP contribution in [0.25, 0.3) is 17.0 Å². The van der Waals surface area contributed by atoms with Gasteiger partial charge in [-0.15, -0.1) is 10.2 Å². The van der Waals surface area contributed by atoms with Crippen LogP contribution in [0.3, 0.4) is 0 Å². The Hall–Kier alpha value is -2.57. The summed E-state index contributed by atoms with van der Waals surface area (Å²) in [7, 11) is 0. The highest BCUT2D eigenvalue weighted by molar-refractivity contribution is 5.56. The second-order valence-corrected chi connectivity index (χ2v) is 5.42. The molecule has 108 valence electrons. The molecular weight excluding hydrogens is 268 g/mol. The van der Waals surface area contributed by atoms with E-state index in [1.54, 1.807) is 6.20 Å². The largest absolute Gasteiger partial charge is 0.269 e. The first kappa shape index (κ1) is 13.4. The Morgan fingerprint density at radius 2 is 2.14 bits per heavy atom. The molecule has 0 aliphatic rings. The summed E-state index contributed by atoms with van der Waals surface area (Å²) in [6, 6.07) is 3.73. The topological polar surface area (TPSA) is 78.0 Å². The van der Waals surface area contributed by atoms with Crippen LogP contribution in [-0.4, -0.2) is 29.6 Å². The molecule has 0 fully saturated rings. The third-order valence-corrected chi connectivity index (χ3v) is 3.15. The summed E-state index contributed by atoms with van der Waals surface area (Å²) >= 11 is 0. The molecule has 0 amide bonds. The highest BCUT2D eigenvalue weighted by Crippen LogP contribution is 2.10. The van der Waals surface area contributed by atoms with Crippen LogP contribution in [0.4, 0.5) is 0 Å². The van der Waals surface area contributed by atoms with Crippen molar-refractivity contribution in [1.29, 1.82) is 0 Å². The van der Waals surface area contributed by atoms with Gasteiger partial charge >= 0.3 is 0 Å². The molecule has 3 aromatic rings. The first-order chi connectivity index (χ1) is 10.1. The van der Waals surface area contributed by atoms with Crippen LogP contribution in [-0.2, 0) is 6.54 Å². The molecule has 0 unspecified atom stereocenters. The van der Waals surface area contributed by atoms with Crippen molar-refractivity contribution in [3.8, 4) is 11.4 Å². The molecule has 7 heteroatoms. The Kier molecular flexibility index (Phi) is 3.25. The van der Waals surface area contributed by atoms with E-state index in [4.69, 9.17) is 0 Å². The van der Waals surface area contributed by atoms with Gasteiger partial charge in [0, 0.05) is 12.4 Å². The SMILES string of the molecule is Cc1cccn2c(=O)c(-c3nnn(CC(C)C)n3)cnc12. The standard InChI is InChI=1S/C14H16N6O/c1-9(2)8-20-17-12(16-18-20)11-7-15-13-10(3)5-4-6-19(13)14(11)21/h4-7,9H,8H2,1-3H3. The zero-order valence-electron chi connectivity index (χ0n) is 12.2. The minimum atomic E-state index is -0.187. The van der Waals surface area contributed by atoms with Gasteiger partial charge in [-0.3, -0.25) is 9.20 Å². The zero-order chi connectivity index (χ0) is 15.0. The minimum absolute atomic E-state index is 0.187. The van der Waals surface area contributed by atoms with E-state index in [1.807, 2.05) is 19.1 Å². The molecule has 0 aliphatic carbocycles. The van der Waals surface area contributed by atoms with E-state index < -0.39 is 0 Å². The molecule has 0 aliphatic heterocycles. The maximum atomic E-state index is 12.5. The molecule has 0 saturated heterocycles. The van der Waals surface area contributed by atoms with Crippen LogP contribution < -0.4 is 5.56 Å². The lowest BCUT2D eigenvalue weighted by atomic mass is 10.2. The Bertz CT molecular complexity index is 848. The van der Waals surface area contributed by atoms with Crippen molar-refractivity contribution in [2.45, 2.75) is 27.3 Å². The summed E-state index contributed by atoms with van der Waals surface area (Å²) in [5.41, 5.74) is 1.75. The van der Waals surface area contributed by atoms with E-state index in [2.05, 4.69) is 34.2 Å². The molecule has 0 N–H and O–H groups in total. The highest BCUT2D eigenvalue weighted by Gasteiger charge is 2.13. The van der Waals surface area contributed by atoms with Crippen LogP contribution in [0, 0.1) is 12.8 Å². The van der Waals surface area contributed by atoms with Gasteiger partial charge in [-0.25, -0.2) is 4.98 Å². The molecule has 7 nitrogen and oxygen atoms in total. The van der Waals surface area contributed by atoms with Gasteiger partial charge < -0.3 is 0 Å². The first-order valence-electron chi connectivity index (χ1n) is 6.81. The molecule has 0 bridgehead atoms. The molecule has 3 aromatic heterocycles. The van der Waals surface area contributed by atoms with Crippen molar-refractivity contribution >= 4 is 5.65 Å². The number of hydrogen-bond acceptors (Lipinski definition) is 5. The summed E-state index contributed by atoms with van der Waals surface area (Å²) in [5.74, 6) is 0.717. The van der Waals surface area contributed by atoms with Gasteiger partial charge in [0.2, 0.25) is 5.82 Å². The van der Waals surface area contributed by atoms with Crippen molar-refractivity contribution in [1.82, 2.24) is 29.6 Å². The van der Waals surface area contributed by atoms with Crippen molar-refractivity contribution in [2.75, 3.05) is 0 Å². The number of pyridine rings is 1. The summed E-state index contributed by atoms with van der Waals surface area (Å²) < 4.78 is 1.51. The fraction of sp³-hybridized carbons (Fsp3) is 0.357. The van der Waals surface area contributed by atoms with Crippen LogP contribution in [0.2, 0.25) is 0 Å². The fourth-order valence-corrected chi connectivity index (χ4v) is 2.16. The van der Waals surface area contributed by atoms with Gasteiger partial charge in [0.25, 0.3) is 5.56 Å². The minimum Gasteiger partial charge on any atom is -0.268 e. The summed E-state index contributed by atoms with van der Waals surface area (Å²) in [6.45, 7) is 6.71. The predicted octanol–water partition coefficient (Wildman–Crippen LogP) is 1.31. The summed E-state index contributed by atoms with van der Waals surface area (Å²) in [4.78, 5) is 18.4. The maximum Gasteiger partial charge on any atom is 0.269 e. The Morgan fingerprint density at radius 3 is 2.90 bits per heavy atom. The van der Waals surface area contributed by atoms with Crippen LogP contribution in [0.1, 0.15) is 19.4 Å².